The quantitative estimate of drug-likeness (QED) is 0.757. The summed E-state index contributed by atoms with van der Waals surface area (Å²) in [6.07, 6.45) is 6.51. The molecule has 1 heterocycles. The highest BCUT2D eigenvalue weighted by Gasteiger charge is 2.09. The molecule has 1 N–H and O–H groups in total. The maximum Gasteiger partial charge on any atom is 0.123 e. The lowest BCUT2D eigenvalue weighted by Crippen LogP contribution is -2.17. The van der Waals surface area contributed by atoms with Crippen molar-refractivity contribution in [3.05, 3.63) is 41.7 Å². The van der Waals surface area contributed by atoms with Crippen molar-refractivity contribution >= 4 is 6.08 Å². The first-order valence-corrected chi connectivity index (χ1v) is 5.02. The van der Waals surface area contributed by atoms with E-state index < -0.39 is 0 Å². The van der Waals surface area contributed by atoms with Crippen molar-refractivity contribution in [3.63, 3.8) is 0 Å². The maximum absolute atomic E-state index is 12.8. The lowest BCUT2D eigenvalue weighted by atomic mass is 10.1. The fourth-order valence-corrected chi connectivity index (χ4v) is 1.71. The van der Waals surface area contributed by atoms with Crippen molar-refractivity contribution in [1.82, 2.24) is 5.32 Å². The molecular formula is C12H14FN. The van der Waals surface area contributed by atoms with Crippen LogP contribution in [0.1, 0.15) is 18.4 Å². The molecule has 0 saturated carbocycles. The van der Waals surface area contributed by atoms with Crippen LogP contribution in [-0.4, -0.2) is 12.6 Å². The van der Waals surface area contributed by atoms with Crippen molar-refractivity contribution in [1.29, 1.82) is 0 Å². The smallest absolute Gasteiger partial charge is 0.123 e. The molecule has 1 aromatic rings. The van der Waals surface area contributed by atoms with Gasteiger partial charge in [0, 0.05) is 6.04 Å². The Hall–Kier alpha value is -1.15. The van der Waals surface area contributed by atoms with Crippen LogP contribution in [0.2, 0.25) is 0 Å². The number of benzene rings is 1. The van der Waals surface area contributed by atoms with Crippen molar-refractivity contribution < 1.29 is 4.39 Å². The van der Waals surface area contributed by atoms with Gasteiger partial charge >= 0.3 is 0 Å². The minimum Gasteiger partial charge on any atom is -0.311 e. The summed E-state index contributed by atoms with van der Waals surface area (Å²) in [4.78, 5) is 0. The van der Waals surface area contributed by atoms with Gasteiger partial charge in [-0.25, -0.2) is 4.39 Å². The maximum atomic E-state index is 12.8. The van der Waals surface area contributed by atoms with Crippen LogP contribution in [0.3, 0.4) is 0 Å². The molecule has 0 bridgehead atoms. The lowest BCUT2D eigenvalue weighted by Gasteiger charge is -2.01. The molecule has 1 unspecified atom stereocenters. The fraction of sp³-hybridized carbons (Fsp3) is 0.333. The van der Waals surface area contributed by atoms with Gasteiger partial charge in [0.25, 0.3) is 0 Å². The van der Waals surface area contributed by atoms with E-state index in [2.05, 4.69) is 11.4 Å². The highest BCUT2D eigenvalue weighted by Crippen LogP contribution is 2.10. The zero-order valence-corrected chi connectivity index (χ0v) is 8.04. The average molecular weight is 191 g/mol. The minimum absolute atomic E-state index is 0.175. The van der Waals surface area contributed by atoms with E-state index in [4.69, 9.17) is 0 Å². The fourth-order valence-electron chi connectivity index (χ4n) is 1.71. The monoisotopic (exact) mass is 191 g/mol. The number of hydrogen-bond acceptors (Lipinski definition) is 1. The van der Waals surface area contributed by atoms with Crippen LogP contribution in [-0.2, 0) is 0 Å². The summed E-state index contributed by atoms with van der Waals surface area (Å²) in [7, 11) is 0. The third-order valence-corrected chi connectivity index (χ3v) is 2.47. The molecule has 0 spiro atoms. The summed E-state index contributed by atoms with van der Waals surface area (Å²) in [6, 6.07) is 7.13. The molecule has 2 rings (SSSR count). The summed E-state index contributed by atoms with van der Waals surface area (Å²) in [5, 5.41) is 3.36. The second-order valence-corrected chi connectivity index (χ2v) is 3.62. The Labute approximate surface area is 83.6 Å². The molecular weight excluding hydrogens is 177 g/mol. The van der Waals surface area contributed by atoms with Crippen LogP contribution in [0, 0.1) is 5.82 Å². The minimum atomic E-state index is -0.175. The summed E-state index contributed by atoms with van der Waals surface area (Å²) < 4.78 is 12.8. The van der Waals surface area contributed by atoms with Gasteiger partial charge < -0.3 is 5.32 Å². The molecule has 1 aliphatic rings. The topological polar surface area (TPSA) is 12.0 Å². The van der Waals surface area contributed by atoms with E-state index in [1.54, 1.807) is 12.1 Å². The Kier molecular flexibility index (Phi) is 2.94. The van der Waals surface area contributed by atoms with Gasteiger partial charge in [0.15, 0.2) is 0 Å². The summed E-state index contributed by atoms with van der Waals surface area (Å²) in [5.74, 6) is -0.175. The standard InChI is InChI=1S/C12H14FN/c13-11-4-1-3-10(9-11)6-7-12-5-2-8-14-12/h1,3-4,6-7,9,12,14H,2,5,8H2/b7-6+. The van der Waals surface area contributed by atoms with Crippen LogP contribution in [0.25, 0.3) is 6.08 Å². The molecule has 0 amide bonds. The normalized spacial score (nSPS) is 21.9. The van der Waals surface area contributed by atoms with Gasteiger partial charge in [-0.1, -0.05) is 24.3 Å². The van der Waals surface area contributed by atoms with Crippen molar-refractivity contribution in [2.24, 2.45) is 0 Å². The van der Waals surface area contributed by atoms with Gasteiger partial charge in [0.05, 0.1) is 0 Å². The Balaban J connectivity index is 2.02. The number of nitrogens with one attached hydrogen (secondary N) is 1. The van der Waals surface area contributed by atoms with Crippen molar-refractivity contribution in [2.45, 2.75) is 18.9 Å². The van der Waals surface area contributed by atoms with Gasteiger partial charge in [-0.05, 0) is 37.1 Å². The third-order valence-electron chi connectivity index (χ3n) is 2.47. The molecule has 2 heteroatoms. The number of rotatable bonds is 2. The molecule has 1 fully saturated rings. The van der Waals surface area contributed by atoms with Gasteiger partial charge in [-0.2, -0.15) is 0 Å². The molecule has 1 nitrogen and oxygen atoms in total. The summed E-state index contributed by atoms with van der Waals surface area (Å²) >= 11 is 0. The molecule has 74 valence electrons. The predicted octanol–water partition coefficient (Wildman–Crippen LogP) is 2.59. The largest absolute Gasteiger partial charge is 0.311 e. The Morgan fingerprint density at radius 3 is 3.07 bits per heavy atom. The van der Waals surface area contributed by atoms with Crippen LogP contribution in [0.15, 0.2) is 30.3 Å². The average Bonchev–Trinajstić information content (AvgIpc) is 2.67. The SMILES string of the molecule is Fc1cccc(/C=C/C2CCCN2)c1. The molecule has 0 radical (unpaired) electrons. The van der Waals surface area contributed by atoms with Gasteiger partial charge in [-0.15, -0.1) is 0 Å². The second-order valence-electron chi connectivity index (χ2n) is 3.62. The van der Waals surface area contributed by atoms with Crippen LogP contribution in [0.5, 0.6) is 0 Å². The molecule has 1 atom stereocenters. The van der Waals surface area contributed by atoms with E-state index in [9.17, 15) is 4.39 Å². The highest BCUT2D eigenvalue weighted by atomic mass is 19.1. The molecule has 0 aromatic heterocycles. The highest BCUT2D eigenvalue weighted by molar-refractivity contribution is 5.49. The van der Waals surface area contributed by atoms with E-state index in [1.807, 2.05) is 12.1 Å². The van der Waals surface area contributed by atoms with E-state index in [0.29, 0.717) is 6.04 Å². The predicted molar refractivity (Wildman–Crippen MR) is 56.5 cm³/mol. The molecule has 0 aliphatic carbocycles. The summed E-state index contributed by atoms with van der Waals surface area (Å²) in [5.41, 5.74) is 0.929. The first kappa shape index (κ1) is 9.41. The van der Waals surface area contributed by atoms with E-state index >= 15 is 0 Å². The second kappa shape index (κ2) is 4.38. The number of halogens is 1. The van der Waals surface area contributed by atoms with Crippen LogP contribution in [0.4, 0.5) is 4.39 Å². The van der Waals surface area contributed by atoms with E-state index in [0.717, 1.165) is 12.1 Å². The Morgan fingerprint density at radius 1 is 1.43 bits per heavy atom. The Bertz CT molecular complexity index is 327. The molecule has 1 saturated heterocycles. The van der Waals surface area contributed by atoms with Gasteiger partial charge in [0.2, 0.25) is 0 Å². The zero-order chi connectivity index (χ0) is 9.80. The van der Waals surface area contributed by atoms with Gasteiger partial charge in [-0.3, -0.25) is 0 Å². The number of hydrogen-bond donors (Lipinski definition) is 1. The van der Waals surface area contributed by atoms with Crippen molar-refractivity contribution in [2.75, 3.05) is 6.54 Å². The van der Waals surface area contributed by atoms with Crippen LogP contribution < -0.4 is 5.32 Å². The first-order chi connectivity index (χ1) is 6.84. The van der Waals surface area contributed by atoms with Gasteiger partial charge in [0.1, 0.15) is 5.82 Å². The molecule has 1 aliphatic heterocycles. The van der Waals surface area contributed by atoms with E-state index in [1.165, 1.54) is 18.9 Å². The zero-order valence-electron chi connectivity index (χ0n) is 8.04. The Morgan fingerprint density at radius 2 is 2.36 bits per heavy atom. The molecule has 1 aromatic carbocycles. The third kappa shape index (κ3) is 2.42. The van der Waals surface area contributed by atoms with Crippen molar-refractivity contribution in [3.8, 4) is 0 Å². The summed E-state index contributed by atoms with van der Waals surface area (Å²) in [6.45, 7) is 1.10. The lowest BCUT2D eigenvalue weighted by molar-refractivity contribution is 0.627. The molecule has 14 heavy (non-hydrogen) atoms. The van der Waals surface area contributed by atoms with Crippen LogP contribution >= 0.6 is 0 Å². The van der Waals surface area contributed by atoms with E-state index in [-0.39, 0.29) is 5.82 Å². The first-order valence-electron chi connectivity index (χ1n) is 5.02.